The fourth-order valence-electron chi connectivity index (χ4n) is 2.05. The van der Waals surface area contributed by atoms with Crippen molar-refractivity contribution in [1.29, 1.82) is 0 Å². The number of primary amides is 1. The van der Waals surface area contributed by atoms with Gasteiger partial charge in [-0.05, 0) is 29.1 Å². The molecule has 0 bridgehead atoms. The Morgan fingerprint density at radius 3 is 2.39 bits per heavy atom. The summed E-state index contributed by atoms with van der Waals surface area (Å²) in [6.45, 7) is 0. The third-order valence-corrected chi connectivity index (χ3v) is 4.15. The minimum absolute atomic E-state index is 0.251. The highest BCUT2D eigenvalue weighted by Gasteiger charge is 2.22. The standard InChI is InChI=1S/C16H17N3O3S/c1-18-16(22)12(9-14(17)20)19-15(21)11-6-4-10(5-7-11)13-3-2-8-23-13/h2-8,12H,9H2,1H3,(H2,17,20)(H,18,22)(H,19,21)/t12-/m0/s1. The number of nitrogens with two attached hydrogens (primary N) is 1. The molecule has 0 saturated heterocycles. The minimum atomic E-state index is -0.984. The summed E-state index contributed by atoms with van der Waals surface area (Å²) in [5, 5.41) is 6.90. The normalized spacial score (nSPS) is 11.5. The van der Waals surface area contributed by atoms with Crippen LogP contribution in [0.4, 0.5) is 0 Å². The van der Waals surface area contributed by atoms with Crippen LogP contribution in [0.1, 0.15) is 16.8 Å². The highest BCUT2D eigenvalue weighted by atomic mass is 32.1. The van der Waals surface area contributed by atoms with E-state index in [0.717, 1.165) is 10.4 Å². The van der Waals surface area contributed by atoms with Crippen LogP contribution >= 0.6 is 11.3 Å². The molecule has 7 heteroatoms. The monoisotopic (exact) mass is 331 g/mol. The number of likely N-dealkylation sites (N-methyl/N-ethyl adjacent to an activating group) is 1. The van der Waals surface area contributed by atoms with Gasteiger partial charge in [-0.15, -0.1) is 11.3 Å². The largest absolute Gasteiger partial charge is 0.370 e. The van der Waals surface area contributed by atoms with Gasteiger partial charge in [0.1, 0.15) is 6.04 Å². The molecule has 120 valence electrons. The summed E-state index contributed by atoms with van der Waals surface area (Å²) in [5.41, 5.74) is 6.52. The maximum absolute atomic E-state index is 12.2. The second-order valence-corrected chi connectivity index (χ2v) is 5.81. The molecule has 0 radical (unpaired) electrons. The van der Waals surface area contributed by atoms with Gasteiger partial charge in [0.15, 0.2) is 0 Å². The fraction of sp³-hybridized carbons (Fsp3) is 0.188. The van der Waals surface area contributed by atoms with Gasteiger partial charge in [0.2, 0.25) is 11.8 Å². The van der Waals surface area contributed by atoms with E-state index in [1.807, 2.05) is 29.6 Å². The van der Waals surface area contributed by atoms with E-state index in [0.29, 0.717) is 5.56 Å². The fourth-order valence-corrected chi connectivity index (χ4v) is 2.79. The summed E-state index contributed by atoms with van der Waals surface area (Å²) in [5.74, 6) is -1.56. The lowest BCUT2D eigenvalue weighted by atomic mass is 10.1. The van der Waals surface area contributed by atoms with E-state index in [4.69, 9.17) is 5.73 Å². The zero-order chi connectivity index (χ0) is 16.8. The van der Waals surface area contributed by atoms with E-state index >= 15 is 0 Å². The molecule has 2 aromatic rings. The number of benzene rings is 1. The van der Waals surface area contributed by atoms with Gasteiger partial charge in [0.25, 0.3) is 5.91 Å². The molecule has 0 spiro atoms. The molecule has 6 nitrogen and oxygen atoms in total. The van der Waals surface area contributed by atoms with Crippen molar-refractivity contribution in [3.05, 3.63) is 47.3 Å². The van der Waals surface area contributed by atoms with E-state index in [1.165, 1.54) is 7.05 Å². The van der Waals surface area contributed by atoms with Crippen molar-refractivity contribution in [1.82, 2.24) is 10.6 Å². The van der Waals surface area contributed by atoms with Crippen LogP contribution in [0, 0.1) is 0 Å². The van der Waals surface area contributed by atoms with Crippen LogP contribution in [-0.2, 0) is 9.59 Å². The predicted octanol–water partition coefficient (Wildman–Crippen LogP) is 1.13. The Morgan fingerprint density at radius 1 is 1.17 bits per heavy atom. The molecule has 23 heavy (non-hydrogen) atoms. The predicted molar refractivity (Wildman–Crippen MR) is 88.9 cm³/mol. The second-order valence-electron chi connectivity index (χ2n) is 4.87. The molecule has 0 aliphatic carbocycles. The van der Waals surface area contributed by atoms with Crippen molar-refractivity contribution in [2.75, 3.05) is 7.05 Å². The molecule has 2 rings (SSSR count). The molecule has 0 aliphatic rings. The summed E-state index contributed by atoms with van der Waals surface area (Å²) in [6, 6.07) is 9.99. The smallest absolute Gasteiger partial charge is 0.251 e. The zero-order valence-corrected chi connectivity index (χ0v) is 13.4. The number of hydrogen-bond acceptors (Lipinski definition) is 4. The van der Waals surface area contributed by atoms with Crippen molar-refractivity contribution in [2.24, 2.45) is 5.73 Å². The molecule has 1 heterocycles. The molecule has 3 amide bonds. The van der Waals surface area contributed by atoms with Gasteiger partial charge in [0.05, 0.1) is 6.42 Å². The van der Waals surface area contributed by atoms with Crippen molar-refractivity contribution in [3.63, 3.8) is 0 Å². The Morgan fingerprint density at radius 2 is 1.87 bits per heavy atom. The van der Waals surface area contributed by atoms with Crippen LogP contribution < -0.4 is 16.4 Å². The number of thiophene rings is 1. The van der Waals surface area contributed by atoms with Gasteiger partial charge in [-0.1, -0.05) is 18.2 Å². The lowest BCUT2D eigenvalue weighted by Crippen LogP contribution is -2.47. The maximum atomic E-state index is 12.2. The molecule has 0 unspecified atom stereocenters. The number of nitrogens with one attached hydrogen (secondary N) is 2. The molecule has 1 aromatic heterocycles. The minimum Gasteiger partial charge on any atom is -0.370 e. The molecule has 1 atom stereocenters. The van der Waals surface area contributed by atoms with Crippen LogP contribution in [0.25, 0.3) is 10.4 Å². The molecule has 0 fully saturated rings. The first kappa shape index (κ1) is 16.7. The van der Waals surface area contributed by atoms with Gasteiger partial charge < -0.3 is 16.4 Å². The summed E-state index contributed by atoms with van der Waals surface area (Å²) in [4.78, 5) is 36.0. The van der Waals surface area contributed by atoms with Crippen molar-refractivity contribution in [2.45, 2.75) is 12.5 Å². The van der Waals surface area contributed by atoms with Crippen molar-refractivity contribution >= 4 is 29.1 Å². The van der Waals surface area contributed by atoms with E-state index < -0.39 is 23.8 Å². The molecule has 4 N–H and O–H groups in total. The number of hydrogen-bond donors (Lipinski definition) is 3. The first-order chi connectivity index (χ1) is 11.0. The van der Waals surface area contributed by atoms with E-state index in [2.05, 4.69) is 10.6 Å². The van der Waals surface area contributed by atoms with Crippen molar-refractivity contribution < 1.29 is 14.4 Å². The van der Waals surface area contributed by atoms with E-state index in [9.17, 15) is 14.4 Å². The van der Waals surface area contributed by atoms with Crippen LogP contribution in [0.2, 0.25) is 0 Å². The molecular weight excluding hydrogens is 314 g/mol. The summed E-state index contributed by atoms with van der Waals surface area (Å²) in [6.07, 6.45) is -0.251. The summed E-state index contributed by atoms with van der Waals surface area (Å²) in [7, 11) is 1.43. The van der Waals surface area contributed by atoms with E-state index in [-0.39, 0.29) is 6.42 Å². The third-order valence-electron chi connectivity index (χ3n) is 3.23. The highest BCUT2D eigenvalue weighted by molar-refractivity contribution is 7.13. The second kappa shape index (κ2) is 7.55. The van der Waals surface area contributed by atoms with Gasteiger partial charge >= 0.3 is 0 Å². The SMILES string of the molecule is CNC(=O)[C@H](CC(N)=O)NC(=O)c1ccc(-c2cccs2)cc1. The molecular formula is C16H17N3O3S. The van der Waals surface area contributed by atoms with Crippen LogP contribution in [0.15, 0.2) is 41.8 Å². The van der Waals surface area contributed by atoms with Gasteiger partial charge in [-0.25, -0.2) is 0 Å². The topological polar surface area (TPSA) is 101 Å². The lowest BCUT2D eigenvalue weighted by molar-refractivity contribution is -0.126. The maximum Gasteiger partial charge on any atom is 0.251 e. The van der Waals surface area contributed by atoms with Crippen molar-refractivity contribution in [3.8, 4) is 10.4 Å². The van der Waals surface area contributed by atoms with Crippen LogP contribution in [0.5, 0.6) is 0 Å². The molecule has 1 aromatic carbocycles. The summed E-state index contributed by atoms with van der Waals surface area (Å²) < 4.78 is 0. The molecule has 0 saturated carbocycles. The lowest BCUT2D eigenvalue weighted by Gasteiger charge is -2.15. The first-order valence-corrected chi connectivity index (χ1v) is 7.84. The quantitative estimate of drug-likeness (QED) is 0.739. The Balaban J connectivity index is 2.09. The zero-order valence-electron chi connectivity index (χ0n) is 12.5. The van der Waals surface area contributed by atoms with Crippen LogP contribution in [-0.4, -0.2) is 30.8 Å². The average molecular weight is 331 g/mol. The number of amides is 3. The average Bonchev–Trinajstić information content (AvgIpc) is 3.07. The Hall–Kier alpha value is -2.67. The number of carbonyl (C=O) groups excluding carboxylic acids is 3. The van der Waals surface area contributed by atoms with Crippen LogP contribution in [0.3, 0.4) is 0 Å². The first-order valence-electron chi connectivity index (χ1n) is 6.96. The van der Waals surface area contributed by atoms with Gasteiger partial charge in [-0.3, -0.25) is 14.4 Å². The summed E-state index contributed by atoms with van der Waals surface area (Å²) >= 11 is 1.61. The Bertz CT molecular complexity index is 696. The third kappa shape index (κ3) is 4.40. The highest BCUT2D eigenvalue weighted by Crippen LogP contribution is 2.24. The number of carbonyl (C=O) groups is 3. The Kier molecular flexibility index (Phi) is 5.48. The number of rotatable bonds is 6. The Labute approximate surface area is 137 Å². The van der Waals surface area contributed by atoms with Gasteiger partial charge in [-0.2, -0.15) is 0 Å². The van der Waals surface area contributed by atoms with Gasteiger partial charge in [0, 0.05) is 17.5 Å². The molecule has 0 aliphatic heterocycles. The van der Waals surface area contributed by atoms with E-state index in [1.54, 1.807) is 23.5 Å².